The monoisotopic (exact) mass is 482 g/mol. The number of amides is 1. The zero-order chi connectivity index (χ0) is 24.9. The van der Waals surface area contributed by atoms with Gasteiger partial charge >= 0.3 is 0 Å². The Bertz CT molecular complexity index is 1120. The molecular formula is C26H30N2O7. The van der Waals surface area contributed by atoms with Crippen molar-refractivity contribution in [1.82, 2.24) is 9.80 Å². The van der Waals surface area contributed by atoms with Crippen molar-refractivity contribution in [2.24, 2.45) is 0 Å². The van der Waals surface area contributed by atoms with Gasteiger partial charge < -0.3 is 29.0 Å². The summed E-state index contributed by atoms with van der Waals surface area (Å²) in [6.45, 7) is 3.60. The highest BCUT2D eigenvalue weighted by molar-refractivity contribution is 6.46. The molecule has 0 spiro atoms. The summed E-state index contributed by atoms with van der Waals surface area (Å²) in [6, 6.07) is 11.1. The van der Waals surface area contributed by atoms with Crippen LogP contribution in [0.5, 0.6) is 17.2 Å². The van der Waals surface area contributed by atoms with Crippen molar-refractivity contribution in [2.75, 3.05) is 60.7 Å². The number of ketones is 1. The molecule has 0 saturated carbocycles. The fraction of sp³-hybridized carbons (Fsp3) is 0.385. The highest BCUT2D eigenvalue weighted by Gasteiger charge is 2.47. The number of carbonyl (C=O) groups excluding carboxylic acids is 2. The van der Waals surface area contributed by atoms with Gasteiger partial charge in [-0.25, -0.2) is 0 Å². The Labute approximate surface area is 204 Å². The van der Waals surface area contributed by atoms with Crippen molar-refractivity contribution in [3.63, 3.8) is 0 Å². The number of rotatable bonds is 8. The summed E-state index contributed by atoms with van der Waals surface area (Å²) in [4.78, 5) is 30.3. The molecule has 1 atom stereocenters. The van der Waals surface area contributed by atoms with Crippen molar-refractivity contribution >= 4 is 17.4 Å². The van der Waals surface area contributed by atoms with Gasteiger partial charge in [0.1, 0.15) is 23.0 Å². The topological polar surface area (TPSA) is 97.8 Å². The molecule has 0 radical (unpaired) electrons. The van der Waals surface area contributed by atoms with Crippen LogP contribution in [0.4, 0.5) is 0 Å². The molecule has 0 bridgehead atoms. The SMILES string of the molecule is COc1ccc(OC)c(C2/C(=C(\O)c3ccccc3OC)C(=O)C(=O)N2CCN2CCOCC2)c1. The van der Waals surface area contributed by atoms with E-state index in [0.29, 0.717) is 48.1 Å². The minimum absolute atomic E-state index is 0.0203. The minimum atomic E-state index is -0.869. The van der Waals surface area contributed by atoms with Gasteiger partial charge in [-0.2, -0.15) is 0 Å². The molecule has 9 heteroatoms. The van der Waals surface area contributed by atoms with Gasteiger partial charge in [0.05, 0.1) is 51.7 Å². The first-order valence-electron chi connectivity index (χ1n) is 11.4. The number of aliphatic hydroxyl groups is 1. The van der Waals surface area contributed by atoms with Gasteiger partial charge in [0.2, 0.25) is 0 Å². The second kappa shape index (κ2) is 10.8. The summed E-state index contributed by atoms with van der Waals surface area (Å²) < 4.78 is 21.8. The number of nitrogens with zero attached hydrogens (tertiary/aromatic N) is 2. The molecule has 186 valence electrons. The van der Waals surface area contributed by atoms with Crippen molar-refractivity contribution in [3.05, 3.63) is 59.2 Å². The molecule has 1 N–H and O–H groups in total. The predicted octanol–water partition coefficient (Wildman–Crippen LogP) is 2.47. The largest absolute Gasteiger partial charge is 0.507 e. The predicted molar refractivity (Wildman–Crippen MR) is 129 cm³/mol. The summed E-state index contributed by atoms with van der Waals surface area (Å²) in [5.41, 5.74) is 0.852. The molecule has 2 aliphatic heterocycles. The van der Waals surface area contributed by atoms with Gasteiger partial charge in [0.15, 0.2) is 0 Å². The first kappa shape index (κ1) is 24.6. The van der Waals surface area contributed by atoms with E-state index in [-0.39, 0.29) is 17.9 Å². The Hall–Kier alpha value is -3.56. The zero-order valence-electron chi connectivity index (χ0n) is 20.2. The summed E-state index contributed by atoms with van der Waals surface area (Å²) >= 11 is 0. The third-order valence-electron chi connectivity index (χ3n) is 6.39. The molecule has 0 aromatic heterocycles. The van der Waals surface area contributed by atoms with Crippen molar-refractivity contribution in [2.45, 2.75) is 6.04 Å². The van der Waals surface area contributed by atoms with E-state index in [2.05, 4.69) is 4.90 Å². The van der Waals surface area contributed by atoms with Crippen molar-refractivity contribution in [3.8, 4) is 17.2 Å². The van der Waals surface area contributed by atoms with E-state index in [1.165, 1.54) is 26.2 Å². The van der Waals surface area contributed by atoms with Crippen LogP contribution < -0.4 is 14.2 Å². The molecule has 2 aromatic carbocycles. The van der Waals surface area contributed by atoms with E-state index in [1.807, 2.05) is 0 Å². The van der Waals surface area contributed by atoms with Gasteiger partial charge in [-0.15, -0.1) is 0 Å². The maximum atomic E-state index is 13.4. The lowest BCUT2D eigenvalue weighted by molar-refractivity contribution is -0.140. The molecule has 2 aliphatic rings. The maximum Gasteiger partial charge on any atom is 0.295 e. The number of para-hydroxylation sites is 1. The molecule has 1 unspecified atom stereocenters. The van der Waals surface area contributed by atoms with Crippen LogP contribution in [0.25, 0.3) is 5.76 Å². The summed E-state index contributed by atoms with van der Waals surface area (Å²) in [6.07, 6.45) is 0. The number of ether oxygens (including phenoxy) is 4. The van der Waals surface area contributed by atoms with E-state index >= 15 is 0 Å². The lowest BCUT2D eigenvalue weighted by Gasteiger charge is -2.31. The smallest absolute Gasteiger partial charge is 0.295 e. The first-order valence-corrected chi connectivity index (χ1v) is 11.4. The van der Waals surface area contributed by atoms with Crippen LogP contribution in [0.1, 0.15) is 17.2 Å². The van der Waals surface area contributed by atoms with Crippen LogP contribution in [0.2, 0.25) is 0 Å². The maximum absolute atomic E-state index is 13.4. The third-order valence-corrected chi connectivity index (χ3v) is 6.39. The number of hydrogen-bond donors (Lipinski definition) is 1. The number of morpholine rings is 1. The average Bonchev–Trinajstić information content (AvgIpc) is 3.16. The average molecular weight is 483 g/mol. The second-order valence-corrected chi connectivity index (χ2v) is 8.25. The Balaban J connectivity index is 1.84. The summed E-state index contributed by atoms with van der Waals surface area (Å²) in [5.74, 6) is -0.336. The lowest BCUT2D eigenvalue weighted by atomic mass is 9.94. The fourth-order valence-corrected chi connectivity index (χ4v) is 4.55. The van der Waals surface area contributed by atoms with Crippen molar-refractivity contribution in [1.29, 1.82) is 0 Å². The van der Waals surface area contributed by atoms with Gasteiger partial charge in [0.25, 0.3) is 11.7 Å². The first-order chi connectivity index (χ1) is 17.0. The van der Waals surface area contributed by atoms with E-state index in [9.17, 15) is 14.7 Å². The van der Waals surface area contributed by atoms with Gasteiger partial charge in [-0.05, 0) is 30.3 Å². The molecule has 2 aromatic rings. The number of carbonyl (C=O) groups is 2. The molecule has 35 heavy (non-hydrogen) atoms. The zero-order valence-corrected chi connectivity index (χ0v) is 20.2. The standard InChI is InChI=1S/C26H30N2O7/c1-32-17-8-9-21(34-3)19(16-17)23-22(24(29)18-6-4-5-7-20(18)33-2)25(30)26(31)28(23)11-10-27-12-14-35-15-13-27/h4-9,16,23,29H,10-15H2,1-3H3/b24-22+. The normalized spacial score (nSPS) is 20.2. The van der Waals surface area contributed by atoms with Crippen LogP contribution >= 0.6 is 0 Å². The molecular weight excluding hydrogens is 452 g/mol. The lowest BCUT2D eigenvalue weighted by Crippen LogP contribution is -2.42. The number of hydrogen-bond acceptors (Lipinski definition) is 8. The highest BCUT2D eigenvalue weighted by atomic mass is 16.5. The van der Waals surface area contributed by atoms with E-state index in [0.717, 1.165) is 13.1 Å². The van der Waals surface area contributed by atoms with Gasteiger partial charge in [0, 0.05) is 31.7 Å². The van der Waals surface area contributed by atoms with E-state index in [1.54, 1.807) is 42.5 Å². The molecule has 2 saturated heterocycles. The third kappa shape index (κ3) is 4.82. The summed E-state index contributed by atoms with van der Waals surface area (Å²) in [5, 5.41) is 11.4. The van der Waals surface area contributed by atoms with E-state index < -0.39 is 17.7 Å². The highest BCUT2D eigenvalue weighted by Crippen LogP contribution is 2.44. The number of likely N-dealkylation sites (tertiary alicyclic amines) is 1. The molecule has 2 fully saturated rings. The van der Waals surface area contributed by atoms with Crippen LogP contribution in [-0.4, -0.2) is 87.3 Å². The minimum Gasteiger partial charge on any atom is -0.507 e. The quantitative estimate of drug-likeness (QED) is 0.348. The van der Waals surface area contributed by atoms with Gasteiger partial charge in [-0.3, -0.25) is 14.5 Å². The molecule has 0 aliphatic carbocycles. The molecule has 4 rings (SSSR count). The molecule has 1 amide bonds. The fourth-order valence-electron chi connectivity index (χ4n) is 4.55. The van der Waals surface area contributed by atoms with Crippen molar-refractivity contribution < 1.29 is 33.6 Å². The van der Waals surface area contributed by atoms with Gasteiger partial charge in [-0.1, -0.05) is 12.1 Å². The summed E-state index contributed by atoms with van der Waals surface area (Å²) in [7, 11) is 4.54. The Kier molecular flexibility index (Phi) is 7.57. The van der Waals surface area contributed by atoms with Crippen LogP contribution in [0.15, 0.2) is 48.0 Å². The number of aliphatic hydroxyl groups excluding tert-OH is 1. The Morgan fingerprint density at radius 1 is 0.971 bits per heavy atom. The van der Waals surface area contributed by atoms with Crippen LogP contribution in [0.3, 0.4) is 0 Å². The molecule has 2 heterocycles. The Morgan fingerprint density at radius 2 is 1.69 bits per heavy atom. The van der Waals surface area contributed by atoms with Crippen LogP contribution in [-0.2, 0) is 14.3 Å². The van der Waals surface area contributed by atoms with E-state index in [4.69, 9.17) is 18.9 Å². The van der Waals surface area contributed by atoms with Crippen LogP contribution in [0, 0.1) is 0 Å². The number of benzene rings is 2. The number of Topliss-reactive ketones (excluding diaryl/α,β-unsaturated/α-hetero) is 1. The number of methoxy groups -OCH3 is 3. The Morgan fingerprint density at radius 3 is 2.37 bits per heavy atom. The second-order valence-electron chi connectivity index (χ2n) is 8.25. The molecule has 9 nitrogen and oxygen atoms in total.